The Morgan fingerprint density at radius 2 is 1.40 bits per heavy atom. The van der Waals surface area contributed by atoms with Gasteiger partial charge in [0.05, 0.1) is 23.3 Å². The van der Waals surface area contributed by atoms with Crippen molar-refractivity contribution in [2.75, 3.05) is 0 Å². The Balaban J connectivity index is 3.38. The second-order valence-corrected chi connectivity index (χ2v) is 4.34. The van der Waals surface area contributed by atoms with E-state index < -0.39 is 41.2 Å². The van der Waals surface area contributed by atoms with Crippen LogP contribution in [0.4, 0.5) is 26.3 Å². The first-order valence-corrected chi connectivity index (χ1v) is 5.69. The first-order chi connectivity index (χ1) is 8.96. The van der Waals surface area contributed by atoms with E-state index in [1.807, 2.05) is 0 Å². The van der Waals surface area contributed by atoms with Gasteiger partial charge in [0.2, 0.25) is 0 Å². The maximum Gasteiger partial charge on any atom is 0.416 e. The molecule has 0 saturated carbocycles. The first-order valence-electron chi connectivity index (χ1n) is 5.69. The molecule has 1 aromatic carbocycles. The normalized spacial score (nSPS) is 16.1. The predicted molar refractivity (Wildman–Crippen MR) is 59.7 cm³/mol. The number of rotatable bonds is 3. The van der Waals surface area contributed by atoms with Crippen molar-refractivity contribution in [2.24, 2.45) is 5.73 Å². The van der Waals surface area contributed by atoms with Crippen LogP contribution in [0.3, 0.4) is 0 Å². The van der Waals surface area contributed by atoms with Crippen LogP contribution in [-0.4, -0.2) is 11.2 Å². The second kappa shape index (κ2) is 5.61. The van der Waals surface area contributed by atoms with Crippen LogP contribution in [-0.2, 0) is 12.4 Å². The number of aliphatic hydroxyl groups is 1. The molecule has 1 rings (SSSR count). The Hall–Kier alpha value is -1.28. The van der Waals surface area contributed by atoms with E-state index >= 15 is 0 Å². The number of hydrogen-bond donors (Lipinski definition) is 2. The summed E-state index contributed by atoms with van der Waals surface area (Å²) in [6, 6.07) is -0.241. The molecule has 1 aromatic rings. The van der Waals surface area contributed by atoms with Crippen LogP contribution in [0.2, 0.25) is 0 Å². The molecule has 20 heavy (non-hydrogen) atoms. The minimum atomic E-state index is -4.92. The third-order valence-electron chi connectivity index (χ3n) is 2.83. The van der Waals surface area contributed by atoms with Crippen LogP contribution in [0.15, 0.2) is 18.2 Å². The average molecular weight is 301 g/mol. The Morgan fingerprint density at radius 3 is 1.70 bits per heavy atom. The van der Waals surface area contributed by atoms with Crippen LogP contribution >= 0.6 is 0 Å². The highest BCUT2D eigenvalue weighted by Gasteiger charge is 2.37. The van der Waals surface area contributed by atoms with Crippen LogP contribution < -0.4 is 5.73 Å². The Morgan fingerprint density at radius 1 is 1.00 bits per heavy atom. The molecule has 8 heteroatoms. The fraction of sp³-hybridized carbons (Fsp3) is 0.500. The van der Waals surface area contributed by atoms with E-state index in [0.29, 0.717) is 12.1 Å². The fourth-order valence-corrected chi connectivity index (χ4v) is 1.65. The van der Waals surface area contributed by atoms with Gasteiger partial charge in [-0.25, -0.2) is 0 Å². The van der Waals surface area contributed by atoms with Gasteiger partial charge >= 0.3 is 12.4 Å². The monoisotopic (exact) mass is 301 g/mol. The van der Waals surface area contributed by atoms with Crippen molar-refractivity contribution in [1.82, 2.24) is 0 Å². The van der Waals surface area contributed by atoms with Gasteiger partial charge in [-0.1, -0.05) is 6.92 Å². The summed E-state index contributed by atoms with van der Waals surface area (Å²) in [6.07, 6.45) is -11.0. The van der Waals surface area contributed by atoms with Crippen molar-refractivity contribution in [3.05, 3.63) is 34.9 Å². The van der Waals surface area contributed by atoms with Gasteiger partial charge in [-0.2, -0.15) is 26.3 Å². The number of benzene rings is 1. The van der Waals surface area contributed by atoms with E-state index in [0.717, 1.165) is 0 Å². The van der Waals surface area contributed by atoms with E-state index in [4.69, 9.17) is 5.73 Å². The molecule has 0 spiro atoms. The zero-order valence-corrected chi connectivity index (χ0v) is 10.4. The molecule has 0 unspecified atom stereocenters. The van der Waals surface area contributed by atoms with Crippen LogP contribution in [0.1, 0.15) is 36.1 Å². The summed E-state index contributed by atoms with van der Waals surface area (Å²) in [5, 5.41) is 9.48. The molecule has 0 heterocycles. The molecule has 0 aliphatic heterocycles. The summed E-state index contributed by atoms with van der Waals surface area (Å²) in [5.74, 6) is 0. The van der Waals surface area contributed by atoms with Crippen molar-refractivity contribution in [2.45, 2.75) is 37.8 Å². The summed E-state index contributed by atoms with van der Waals surface area (Å²) in [7, 11) is 0. The van der Waals surface area contributed by atoms with Gasteiger partial charge in [0.25, 0.3) is 0 Å². The first kappa shape index (κ1) is 16.8. The fourth-order valence-electron chi connectivity index (χ4n) is 1.65. The highest BCUT2D eigenvalue weighted by Crippen LogP contribution is 2.37. The average Bonchev–Trinajstić information content (AvgIpc) is 2.34. The minimum absolute atomic E-state index is 0.0224. The molecule has 0 aromatic heterocycles. The summed E-state index contributed by atoms with van der Waals surface area (Å²) in [5.41, 5.74) is 2.20. The van der Waals surface area contributed by atoms with Crippen molar-refractivity contribution >= 4 is 0 Å². The molecule has 0 bridgehead atoms. The standard InChI is InChI=1S/C12H13F6NO/c1-2-9(20)10(19)6-3-7(11(13,14)15)5-8(4-6)12(16,17)18/h3-5,9-10,20H,2,19H2,1H3/t9-,10+/m0/s1. The number of hydrogen-bond acceptors (Lipinski definition) is 2. The van der Waals surface area contributed by atoms with Crippen molar-refractivity contribution in [3.8, 4) is 0 Å². The van der Waals surface area contributed by atoms with Crippen LogP contribution in [0.25, 0.3) is 0 Å². The molecule has 0 saturated heterocycles. The summed E-state index contributed by atoms with van der Waals surface area (Å²) in [4.78, 5) is 0. The molecule has 0 amide bonds. The van der Waals surface area contributed by atoms with Gasteiger partial charge in [-0.3, -0.25) is 0 Å². The zero-order chi connectivity index (χ0) is 15.7. The molecule has 0 aliphatic carbocycles. The summed E-state index contributed by atoms with van der Waals surface area (Å²) in [6.45, 7) is 1.52. The molecule has 0 fully saturated rings. The van der Waals surface area contributed by atoms with Crippen LogP contribution in [0.5, 0.6) is 0 Å². The third-order valence-corrected chi connectivity index (χ3v) is 2.83. The van der Waals surface area contributed by atoms with Gasteiger partial charge in [-0.05, 0) is 30.2 Å². The molecular weight excluding hydrogens is 288 g/mol. The molecule has 3 N–H and O–H groups in total. The topological polar surface area (TPSA) is 46.2 Å². The Bertz CT molecular complexity index is 436. The molecule has 114 valence electrons. The SMILES string of the molecule is CC[C@H](O)[C@H](N)c1cc(C(F)(F)F)cc(C(F)(F)F)c1. The Kier molecular flexibility index (Phi) is 4.70. The number of nitrogens with two attached hydrogens (primary N) is 1. The van der Waals surface area contributed by atoms with E-state index in [1.165, 1.54) is 6.92 Å². The molecule has 0 aliphatic rings. The van der Waals surface area contributed by atoms with Crippen molar-refractivity contribution in [3.63, 3.8) is 0 Å². The van der Waals surface area contributed by atoms with Gasteiger partial charge in [-0.15, -0.1) is 0 Å². The molecule has 2 nitrogen and oxygen atoms in total. The number of alkyl halides is 6. The van der Waals surface area contributed by atoms with E-state index in [1.54, 1.807) is 0 Å². The highest BCUT2D eigenvalue weighted by molar-refractivity contribution is 5.35. The second-order valence-electron chi connectivity index (χ2n) is 4.34. The molecular formula is C12H13F6NO. The lowest BCUT2D eigenvalue weighted by Crippen LogP contribution is -2.26. The maximum absolute atomic E-state index is 12.6. The van der Waals surface area contributed by atoms with Gasteiger partial charge in [0, 0.05) is 0 Å². The smallest absolute Gasteiger partial charge is 0.391 e. The lowest BCUT2D eigenvalue weighted by atomic mass is 9.96. The van der Waals surface area contributed by atoms with Gasteiger partial charge in [0.1, 0.15) is 0 Å². The highest BCUT2D eigenvalue weighted by atomic mass is 19.4. The van der Waals surface area contributed by atoms with E-state index in [-0.39, 0.29) is 12.5 Å². The predicted octanol–water partition coefficient (Wildman–Crippen LogP) is 3.49. The van der Waals surface area contributed by atoms with Crippen LogP contribution in [0, 0.1) is 0 Å². The third kappa shape index (κ3) is 3.86. The van der Waals surface area contributed by atoms with Gasteiger partial charge < -0.3 is 10.8 Å². The van der Waals surface area contributed by atoms with Crippen molar-refractivity contribution < 1.29 is 31.4 Å². The zero-order valence-electron chi connectivity index (χ0n) is 10.4. The van der Waals surface area contributed by atoms with Crippen molar-refractivity contribution in [1.29, 1.82) is 0 Å². The molecule has 2 atom stereocenters. The summed E-state index contributed by atoms with van der Waals surface area (Å²) < 4.78 is 75.7. The quantitative estimate of drug-likeness (QED) is 0.839. The lowest BCUT2D eigenvalue weighted by Gasteiger charge is -2.21. The van der Waals surface area contributed by atoms with E-state index in [2.05, 4.69) is 0 Å². The number of halogens is 6. The largest absolute Gasteiger partial charge is 0.416 e. The number of aliphatic hydroxyl groups excluding tert-OH is 1. The van der Waals surface area contributed by atoms with Gasteiger partial charge in [0.15, 0.2) is 0 Å². The lowest BCUT2D eigenvalue weighted by molar-refractivity contribution is -0.143. The molecule has 0 radical (unpaired) electrons. The van der Waals surface area contributed by atoms with E-state index in [9.17, 15) is 31.4 Å². The minimum Gasteiger partial charge on any atom is -0.391 e. The maximum atomic E-state index is 12.6. The Labute approximate surface area is 111 Å². The summed E-state index contributed by atoms with van der Waals surface area (Å²) >= 11 is 0.